The van der Waals surface area contributed by atoms with Crippen LogP contribution in [0.4, 0.5) is 0 Å². The molecule has 0 aliphatic rings. The summed E-state index contributed by atoms with van der Waals surface area (Å²) in [5, 5.41) is 8.53. The molecule has 17 heavy (non-hydrogen) atoms. The molecule has 1 heterocycles. The summed E-state index contributed by atoms with van der Waals surface area (Å²) >= 11 is 0. The van der Waals surface area contributed by atoms with Gasteiger partial charge in [-0.3, -0.25) is 9.78 Å². The van der Waals surface area contributed by atoms with Gasteiger partial charge in [0, 0.05) is 31.4 Å². The van der Waals surface area contributed by atoms with Crippen LogP contribution in [-0.2, 0) is 6.54 Å². The number of nitrogens with zero attached hydrogens (tertiary/aromatic N) is 3. The topological polar surface area (TPSA) is 83.0 Å². The Bertz CT molecular complexity index is 425. The number of nitrogens with two attached hydrogens (primary N) is 1. The molecule has 0 aromatic carbocycles. The van der Waals surface area contributed by atoms with Crippen LogP contribution >= 0.6 is 0 Å². The number of carbonyl (C=O) groups excluding carboxylic acids is 1. The molecule has 0 saturated carbocycles. The van der Waals surface area contributed by atoms with Gasteiger partial charge in [-0.1, -0.05) is 0 Å². The van der Waals surface area contributed by atoms with Crippen LogP contribution in [0.3, 0.4) is 0 Å². The summed E-state index contributed by atoms with van der Waals surface area (Å²) in [7, 11) is 0. The van der Waals surface area contributed by atoms with E-state index in [4.69, 9.17) is 11.0 Å². The standard InChI is InChI=1S/C12H16N4O/c1-2-16(7-3-5-13)12(17)10-4-6-15-11(8-10)9-14/h4,6,8H,2-3,7,9,14H2,1H3. The van der Waals surface area contributed by atoms with Gasteiger partial charge in [0.05, 0.1) is 18.2 Å². The maximum atomic E-state index is 12.1. The van der Waals surface area contributed by atoms with Crippen LogP contribution in [0, 0.1) is 11.3 Å². The van der Waals surface area contributed by atoms with E-state index in [0.717, 1.165) is 0 Å². The molecule has 1 aromatic heterocycles. The van der Waals surface area contributed by atoms with Crippen LogP contribution in [-0.4, -0.2) is 28.9 Å². The number of aromatic nitrogens is 1. The van der Waals surface area contributed by atoms with Gasteiger partial charge in [0.1, 0.15) is 0 Å². The summed E-state index contributed by atoms with van der Waals surface area (Å²) in [6, 6.07) is 5.39. The molecule has 0 saturated heterocycles. The fourth-order valence-corrected chi connectivity index (χ4v) is 1.49. The second kappa shape index (κ2) is 6.61. The molecule has 0 spiro atoms. The van der Waals surface area contributed by atoms with Crippen LogP contribution in [0.25, 0.3) is 0 Å². The molecule has 1 aromatic rings. The second-order valence-electron chi connectivity index (χ2n) is 3.53. The molecule has 0 atom stereocenters. The second-order valence-corrected chi connectivity index (χ2v) is 3.53. The van der Waals surface area contributed by atoms with Crippen molar-refractivity contribution in [1.29, 1.82) is 5.26 Å². The van der Waals surface area contributed by atoms with E-state index in [-0.39, 0.29) is 5.91 Å². The molecular formula is C12H16N4O. The van der Waals surface area contributed by atoms with E-state index in [1.165, 1.54) is 0 Å². The monoisotopic (exact) mass is 232 g/mol. The van der Waals surface area contributed by atoms with E-state index >= 15 is 0 Å². The first-order chi connectivity index (χ1) is 8.22. The van der Waals surface area contributed by atoms with Gasteiger partial charge in [-0.25, -0.2) is 0 Å². The molecule has 1 rings (SSSR count). The van der Waals surface area contributed by atoms with E-state index < -0.39 is 0 Å². The molecule has 90 valence electrons. The fraction of sp³-hybridized carbons (Fsp3) is 0.417. The number of rotatable bonds is 5. The SMILES string of the molecule is CCN(CCC#N)C(=O)c1ccnc(CN)c1. The van der Waals surface area contributed by atoms with Gasteiger partial charge in [-0.05, 0) is 19.1 Å². The van der Waals surface area contributed by atoms with E-state index in [1.54, 1.807) is 23.2 Å². The molecule has 1 amide bonds. The lowest BCUT2D eigenvalue weighted by Crippen LogP contribution is -2.31. The highest BCUT2D eigenvalue weighted by Crippen LogP contribution is 2.06. The number of amides is 1. The van der Waals surface area contributed by atoms with E-state index in [0.29, 0.717) is 37.3 Å². The Labute approximate surface area is 101 Å². The first-order valence-electron chi connectivity index (χ1n) is 5.54. The van der Waals surface area contributed by atoms with Crippen molar-refractivity contribution in [3.63, 3.8) is 0 Å². The molecule has 0 aliphatic heterocycles. The fourth-order valence-electron chi connectivity index (χ4n) is 1.49. The molecule has 5 heteroatoms. The minimum atomic E-state index is -0.0835. The minimum Gasteiger partial charge on any atom is -0.338 e. The summed E-state index contributed by atoms with van der Waals surface area (Å²) in [5.74, 6) is -0.0835. The van der Waals surface area contributed by atoms with Gasteiger partial charge < -0.3 is 10.6 Å². The number of hydrogen-bond donors (Lipinski definition) is 1. The first-order valence-corrected chi connectivity index (χ1v) is 5.54. The molecular weight excluding hydrogens is 216 g/mol. The van der Waals surface area contributed by atoms with Gasteiger partial charge in [0.2, 0.25) is 0 Å². The maximum absolute atomic E-state index is 12.1. The Morgan fingerprint density at radius 2 is 2.41 bits per heavy atom. The van der Waals surface area contributed by atoms with E-state index in [9.17, 15) is 4.79 Å². The van der Waals surface area contributed by atoms with Crippen LogP contribution in [0.5, 0.6) is 0 Å². The Hall–Kier alpha value is -1.93. The number of hydrogen-bond acceptors (Lipinski definition) is 4. The van der Waals surface area contributed by atoms with Crippen molar-refractivity contribution in [3.8, 4) is 6.07 Å². The lowest BCUT2D eigenvalue weighted by Gasteiger charge is -2.19. The Morgan fingerprint density at radius 1 is 1.65 bits per heavy atom. The number of carbonyl (C=O) groups is 1. The van der Waals surface area contributed by atoms with Crippen molar-refractivity contribution in [2.75, 3.05) is 13.1 Å². The zero-order chi connectivity index (χ0) is 12.7. The molecule has 0 unspecified atom stereocenters. The van der Waals surface area contributed by atoms with Gasteiger partial charge in [-0.2, -0.15) is 5.26 Å². The number of pyridine rings is 1. The highest BCUT2D eigenvalue weighted by Gasteiger charge is 2.13. The average Bonchev–Trinajstić information content (AvgIpc) is 2.39. The Morgan fingerprint density at radius 3 is 3.00 bits per heavy atom. The van der Waals surface area contributed by atoms with Crippen molar-refractivity contribution in [2.24, 2.45) is 5.73 Å². The van der Waals surface area contributed by atoms with Gasteiger partial charge in [-0.15, -0.1) is 0 Å². The predicted octanol–water partition coefficient (Wildman–Crippen LogP) is 0.916. The van der Waals surface area contributed by atoms with Gasteiger partial charge in [0.15, 0.2) is 0 Å². The molecule has 5 nitrogen and oxygen atoms in total. The predicted molar refractivity (Wildman–Crippen MR) is 63.9 cm³/mol. The highest BCUT2D eigenvalue weighted by molar-refractivity contribution is 5.94. The van der Waals surface area contributed by atoms with Crippen molar-refractivity contribution in [1.82, 2.24) is 9.88 Å². The molecule has 2 N–H and O–H groups in total. The normalized spacial score (nSPS) is 9.71. The van der Waals surface area contributed by atoms with Crippen LogP contribution < -0.4 is 5.73 Å². The van der Waals surface area contributed by atoms with Gasteiger partial charge in [0.25, 0.3) is 5.91 Å². The van der Waals surface area contributed by atoms with E-state index in [1.807, 2.05) is 13.0 Å². The summed E-state index contributed by atoms with van der Waals surface area (Å²) < 4.78 is 0. The number of nitriles is 1. The lowest BCUT2D eigenvalue weighted by atomic mass is 10.2. The van der Waals surface area contributed by atoms with Crippen molar-refractivity contribution < 1.29 is 4.79 Å². The summed E-state index contributed by atoms with van der Waals surface area (Å²) in [5.41, 5.74) is 6.73. The summed E-state index contributed by atoms with van der Waals surface area (Å²) in [4.78, 5) is 17.8. The summed E-state index contributed by atoms with van der Waals surface area (Å²) in [6.07, 6.45) is 1.92. The molecule has 0 fully saturated rings. The van der Waals surface area contributed by atoms with Crippen LogP contribution in [0.15, 0.2) is 18.3 Å². The van der Waals surface area contributed by atoms with Crippen LogP contribution in [0.2, 0.25) is 0 Å². The van der Waals surface area contributed by atoms with Gasteiger partial charge >= 0.3 is 0 Å². The van der Waals surface area contributed by atoms with Crippen molar-refractivity contribution in [2.45, 2.75) is 19.9 Å². The molecule has 0 bridgehead atoms. The first kappa shape index (κ1) is 13.1. The molecule has 0 radical (unpaired) electrons. The lowest BCUT2D eigenvalue weighted by molar-refractivity contribution is 0.0767. The largest absolute Gasteiger partial charge is 0.338 e. The highest BCUT2D eigenvalue weighted by atomic mass is 16.2. The minimum absolute atomic E-state index is 0.0835. The van der Waals surface area contributed by atoms with E-state index in [2.05, 4.69) is 4.98 Å². The smallest absolute Gasteiger partial charge is 0.253 e. The third-order valence-corrected chi connectivity index (χ3v) is 2.44. The summed E-state index contributed by atoms with van der Waals surface area (Å²) in [6.45, 7) is 3.23. The Kier molecular flexibility index (Phi) is 5.11. The third kappa shape index (κ3) is 3.54. The van der Waals surface area contributed by atoms with Crippen molar-refractivity contribution >= 4 is 5.91 Å². The quantitative estimate of drug-likeness (QED) is 0.818. The van der Waals surface area contributed by atoms with Crippen LogP contribution in [0.1, 0.15) is 29.4 Å². The third-order valence-electron chi connectivity index (χ3n) is 2.44. The zero-order valence-corrected chi connectivity index (χ0v) is 9.89. The average molecular weight is 232 g/mol. The zero-order valence-electron chi connectivity index (χ0n) is 9.89. The van der Waals surface area contributed by atoms with Crippen molar-refractivity contribution in [3.05, 3.63) is 29.6 Å². The Balaban J connectivity index is 2.82. The maximum Gasteiger partial charge on any atom is 0.253 e. The molecule has 0 aliphatic carbocycles.